The summed E-state index contributed by atoms with van der Waals surface area (Å²) < 4.78 is 33.3. The zero-order chi connectivity index (χ0) is 18.6. The average molecular weight is 386 g/mol. The van der Waals surface area contributed by atoms with Crippen molar-refractivity contribution < 1.29 is 21.8 Å². The predicted molar refractivity (Wildman–Crippen MR) is 94.7 cm³/mol. The lowest BCUT2D eigenvalue weighted by Crippen LogP contribution is -2.33. The van der Waals surface area contributed by atoms with E-state index in [-0.39, 0.29) is 30.7 Å². The van der Waals surface area contributed by atoms with Crippen LogP contribution in [0.1, 0.15) is 25.2 Å². The molecule has 0 aliphatic carbocycles. The average Bonchev–Trinajstić information content (AvgIpc) is 3.00. The van der Waals surface area contributed by atoms with Crippen LogP contribution in [0.2, 0.25) is 5.02 Å². The molecule has 136 valence electrons. The molecule has 1 heterocycles. The van der Waals surface area contributed by atoms with E-state index in [1.807, 2.05) is 0 Å². The lowest BCUT2D eigenvalue weighted by molar-refractivity contribution is -0.136. The summed E-state index contributed by atoms with van der Waals surface area (Å²) in [5.41, 5.74) is 0.499. The van der Waals surface area contributed by atoms with Gasteiger partial charge in [0.2, 0.25) is 5.91 Å². The van der Waals surface area contributed by atoms with Crippen LogP contribution in [-0.4, -0.2) is 25.5 Å². The van der Waals surface area contributed by atoms with Gasteiger partial charge in [-0.15, -0.1) is 0 Å². The molecule has 1 aromatic heterocycles. The Morgan fingerprint density at radius 3 is 2.56 bits per heavy atom. The van der Waals surface area contributed by atoms with Gasteiger partial charge in [-0.2, -0.15) is 8.42 Å². The number of amides is 1. The molecule has 6 nitrogen and oxygen atoms in total. The Balaban J connectivity index is 2.34. The van der Waals surface area contributed by atoms with E-state index < -0.39 is 10.1 Å². The van der Waals surface area contributed by atoms with E-state index in [0.29, 0.717) is 16.3 Å². The van der Waals surface area contributed by atoms with Crippen molar-refractivity contribution in [2.24, 2.45) is 5.92 Å². The monoisotopic (exact) mass is 385 g/mol. The van der Waals surface area contributed by atoms with Crippen molar-refractivity contribution in [2.45, 2.75) is 26.9 Å². The lowest BCUT2D eigenvalue weighted by atomic mass is 10.1. The fraction of sp³-hybridized carbons (Fsp3) is 0.353. The smallest absolute Gasteiger partial charge is 0.306 e. The second-order valence-corrected chi connectivity index (χ2v) is 7.98. The van der Waals surface area contributed by atoms with Gasteiger partial charge in [0.15, 0.2) is 0 Å². The third kappa shape index (κ3) is 5.79. The molecule has 0 aliphatic heterocycles. The molecule has 2 rings (SSSR count). The van der Waals surface area contributed by atoms with Crippen molar-refractivity contribution >= 4 is 27.6 Å². The SMILES string of the molecule is CC(C)C(=O)N(Cc1ccco1)Cc1cc(Cl)ccc1OS(C)(=O)=O. The summed E-state index contributed by atoms with van der Waals surface area (Å²) in [7, 11) is -3.70. The molecule has 1 aromatic carbocycles. The van der Waals surface area contributed by atoms with Crippen molar-refractivity contribution in [3.8, 4) is 5.75 Å². The summed E-state index contributed by atoms with van der Waals surface area (Å²) in [5.74, 6) is 0.449. The van der Waals surface area contributed by atoms with E-state index in [2.05, 4.69) is 0 Å². The third-order valence-corrected chi connectivity index (χ3v) is 4.07. The largest absolute Gasteiger partial charge is 0.467 e. The summed E-state index contributed by atoms with van der Waals surface area (Å²) in [6.07, 6.45) is 2.50. The number of carbonyl (C=O) groups is 1. The molecule has 0 saturated carbocycles. The first-order chi connectivity index (χ1) is 11.7. The molecule has 25 heavy (non-hydrogen) atoms. The van der Waals surface area contributed by atoms with E-state index in [0.717, 1.165) is 6.26 Å². The van der Waals surface area contributed by atoms with Crippen LogP contribution >= 0.6 is 11.6 Å². The van der Waals surface area contributed by atoms with Crippen LogP contribution in [0, 0.1) is 5.92 Å². The molecular weight excluding hydrogens is 366 g/mol. The van der Waals surface area contributed by atoms with Gasteiger partial charge >= 0.3 is 10.1 Å². The number of hydrogen-bond donors (Lipinski definition) is 0. The molecule has 0 unspecified atom stereocenters. The second kappa shape index (κ2) is 7.93. The van der Waals surface area contributed by atoms with Crippen LogP contribution in [0.25, 0.3) is 0 Å². The number of rotatable bonds is 7. The molecule has 0 atom stereocenters. The molecule has 0 radical (unpaired) electrons. The molecular formula is C17H20ClNO5S. The van der Waals surface area contributed by atoms with Gasteiger partial charge < -0.3 is 13.5 Å². The Morgan fingerprint density at radius 1 is 1.28 bits per heavy atom. The molecule has 0 bridgehead atoms. The standard InChI is InChI=1S/C17H20ClNO5S/c1-12(2)17(20)19(11-15-5-4-8-23-15)10-13-9-14(18)6-7-16(13)24-25(3,21)22/h4-9,12H,10-11H2,1-3H3. The summed E-state index contributed by atoms with van der Waals surface area (Å²) in [4.78, 5) is 14.1. The first-order valence-electron chi connectivity index (χ1n) is 7.65. The van der Waals surface area contributed by atoms with E-state index >= 15 is 0 Å². The van der Waals surface area contributed by atoms with Crippen molar-refractivity contribution in [1.82, 2.24) is 4.90 Å². The van der Waals surface area contributed by atoms with Crippen LogP contribution in [0.3, 0.4) is 0 Å². The Kier molecular flexibility index (Phi) is 6.13. The molecule has 1 amide bonds. The fourth-order valence-electron chi connectivity index (χ4n) is 2.29. The summed E-state index contributed by atoms with van der Waals surface area (Å²) in [5, 5.41) is 0.422. The van der Waals surface area contributed by atoms with Gasteiger partial charge in [-0.3, -0.25) is 4.79 Å². The highest BCUT2D eigenvalue weighted by atomic mass is 35.5. The first kappa shape index (κ1) is 19.3. The number of halogens is 1. The zero-order valence-electron chi connectivity index (χ0n) is 14.2. The van der Waals surface area contributed by atoms with Gasteiger partial charge in [0.25, 0.3) is 0 Å². The number of nitrogens with zero attached hydrogens (tertiary/aromatic N) is 1. The van der Waals surface area contributed by atoms with Crippen molar-refractivity contribution in [2.75, 3.05) is 6.26 Å². The van der Waals surface area contributed by atoms with Gasteiger partial charge in [0.05, 0.1) is 19.1 Å². The Labute approximate surface area is 152 Å². The summed E-state index contributed by atoms with van der Waals surface area (Å²) >= 11 is 6.03. The summed E-state index contributed by atoms with van der Waals surface area (Å²) in [6, 6.07) is 8.11. The maximum Gasteiger partial charge on any atom is 0.306 e. The van der Waals surface area contributed by atoms with E-state index in [4.69, 9.17) is 20.2 Å². The van der Waals surface area contributed by atoms with Gasteiger partial charge in [-0.1, -0.05) is 25.4 Å². The second-order valence-electron chi connectivity index (χ2n) is 5.97. The van der Waals surface area contributed by atoms with Gasteiger partial charge in [0, 0.05) is 23.0 Å². The van der Waals surface area contributed by atoms with Crippen molar-refractivity contribution in [1.29, 1.82) is 0 Å². The lowest BCUT2D eigenvalue weighted by Gasteiger charge is -2.24. The van der Waals surface area contributed by atoms with E-state index in [1.165, 1.54) is 18.4 Å². The van der Waals surface area contributed by atoms with Crippen molar-refractivity contribution in [3.63, 3.8) is 0 Å². The predicted octanol–water partition coefficient (Wildman–Crippen LogP) is 3.46. The summed E-state index contributed by atoms with van der Waals surface area (Å²) in [6.45, 7) is 3.99. The zero-order valence-corrected chi connectivity index (χ0v) is 15.8. The maximum atomic E-state index is 12.5. The highest BCUT2D eigenvalue weighted by Crippen LogP contribution is 2.26. The minimum atomic E-state index is -3.70. The molecule has 0 saturated heterocycles. The molecule has 0 spiro atoms. The van der Waals surface area contributed by atoms with E-state index in [9.17, 15) is 13.2 Å². The van der Waals surface area contributed by atoms with E-state index in [1.54, 1.807) is 36.9 Å². The molecule has 0 aliphatic rings. The number of benzene rings is 1. The van der Waals surface area contributed by atoms with Gasteiger partial charge in [-0.25, -0.2) is 0 Å². The highest BCUT2D eigenvalue weighted by molar-refractivity contribution is 7.86. The Morgan fingerprint density at radius 2 is 2.00 bits per heavy atom. The molecule has 8 heteroatoms. The maximum absolute atomic E-state index is 12.5. The molecule has 0 N–H and O–H groups in total. The van der Waals surface area contributed by atoms with Gasteiger partial charge in [-0.05, 0) is 30.3 Å². The van der Waals surface area contributed by atoms with Crippen LogP contribution < -0.4 is 4.18 Å². The number of carbonyl (C=O) groups excluding carboxylic acids is 1. The molecule has 2 aromatic rings. The molecule has 0 fully saturated rings. The Hall–Kier alpha value is -1.99. The topological polar surface area (TPSA) is 76.8 Å². The minimum Gasteiger partial charge on any atom is -0.467 e. The first-order valence-corrected chi connectivity index (χ1v) is 9.84. The number of furan rings is 1. The van der Waals surface area contributed by atoms with Gasteiger partial charge in [0.1, 0.15) is 11.5 Å². The highest BCUT2D eigenvalue weighted by Gasteiger charge is 2.21. The van der Waals surface area contributed by atoms with Crippen LogP contribution in [-0.2, 0) is 28.0 Å². The van der Waals surface area contributed by atoms with Crippen LogP contribution in [0.5, 0.6) is 5.75 Å². The number of hydrogen-bond acceptors (Lipinski definition) is 5. The third-order valence-electron chi connectivity index (χ3n) is 3.36. The minimum absolute atomic E-state index is 0.0957. The Bertz CT molecular complexity index is 831. The fourth-order valence-corrected chi connectivity index (χ4v) is 2.97. The normalized spacial score (nSPS) is 11.6. The van der Waals surface area contributed by atoms with Crippen LogP contribution in [0.4, 0.5) is 0 Å². The van der Waals surface area contributed by atoms with Crippen molar-refractivity contribution in [3.05, 3.63) is 52.9 Å². The quantitative estimate of drug-likeness (QED) is 0.682. The van der Waals surface area contributed by atoms with Crippen LogP contribution in [0.15, 0.2) is 41.0 Å².